The average molecular weight is 545 g/mol. The molecule has 2 aromatic heterocycles. The molecule has 5 aromatic rings. The first-order valence-electron chi connectivity index (χ1n) is 14.3. The molecule has 3 aromatic carbocycles. The maximum absolute atomic E-state index is 13.4. The SMILES string of the molecule is O=C(c1ccc(-c2ccccc2)cc1)N1CCN(c2nc(Cc3ccccc3)nc3sc4c(c23)CCCC4)CC1. The monoisotopic (exact) mass is 544 g/mol. The Balaban J connectivity index is 1.12. The molecule has 5 nitrogen and oxygen atoms in total. The van der Waals surface area contributed by atoms with Gasteiger partial charge in [0.05, 0.1) is 5.39 Å². The third-order valence-electron chi connectivity index (χ3n) is 8.15. The van der Waals surface area contributed by atoms with E-state index in [1.54, 1.807) is 0 Å². The van der Waals surface area contributed by atoms with Gasteiger partial charge in [-0.05, 0) is 60.1 Å². The Morgan fingerprint density at radius 1 is 0.750 bits per heavy atom. The summed E-state index contributed by atoms with van der Waals surface area (Å²) in [7, 11) is 0. The van der Waals surface area contributed by atoms with Gasteiger partial charge in [-0.2, -0.15) is 0 Å². The molecule has 2 aliphatic rings. The van der Waals surface area contributed by atoms with Gasteiger partial charge in [-0.15, -0.1) is 11.3 Å². The van der Waals surface area contributed by atoms with Crippen molar-refractivity contribution in [3.05, 3.63) is 112 Å². The molecule has 0 N–H and O–H groups in total. The molecule has 1 aliphatic heterocycles. The number of carbonyl (C=O) groups is 1. The molecular formula is C34H32N4OS. The standard InChI is InChI=1S/C34H32N4OS/c39-34(27-17-15-26(16-18-27)25-11-5-2-6-12-25)38-21-19-37(20-22-38)32-31-28-13-7-8-14-29(28)40-33(31)36-30(35-32)23-24-9-3-1-4-10-24/h1-6,9-12,15-18H,7-8,13-14,19-23H2. The van der Waals surface area contributed by atoms with Crippen LogP contribution < -0.4 is 4.90 Å². The topological polar surface area (TPSA) is 49.3 Å². The number of aryl methyl sites for hydroxylation is 2. The molecule has 1 fully saturated rings. The molecule has 0 unspecified atom stereocenters. The van der Waals surface area contributed by atoms with Crippen molar-refractivity contribution in [1.82, 2.24) is 14.9 Å². The minimum absolute atomic E-state index is 0.102. The maximum Gasteiger partial charge on any atom is 0.253 e. The average Bonchev–Trinajstić information content (AvgIpc) is 3.40. The number of benzene rings is 3. The molecule has 0 spiro atoms. The van der Waals surface area contributed by atoms with Crippen LogP contribution in [0.25, 0.3) is 21.3 Å². The zero-order valence-corrected chi connectivity index (χ0v) is 23.4. The van der Waals surface area contributed by atoms with E-state index >= 15 is 0 Å². The molecule has 40 heavy (non-hydrogen) atoms. The number of amides is 1. The first kappa shape index (κ1) is 25.0. The van der Waals surface area contributed by atoms with Crippen LogP contribution in [0.1, 0.15) is 45.0 Å². The van der Waals surface area contributed by atoms with Crippen molar-refractivity contribution in [2.24, 2.45) is 0 Å². The number of hydrogen-bond donors (Lipinski definition) is 0. The Hall–Kier alpha value is -4.03. The summed E-state index contributed by atoms with van der Waals surface area (Å²) in [5.74, 6) is 2.05. The first-order valence-corrected chi connectivity index (χ1v) is 15.1. The fourth-order valence-electron chi connectivity index (χ4n) is 6.01. The minimum Gasteiger partial charge on any atom is -0.352 e. The second-order valence-electron chi connectivity index (χ2n) is 10.7. The number of nitrogens with zero attached hydrogens (tertiary/aromatic N) is 4. The van der Waals surface area contributed by atoms with Gasteiger partial charge in [-0.3, -0.25) is 4.79 Å². The molecule has 6 heteroatoms. The highest BCUT2D eigenvalue weighted by Gasteiger charge is 2.28. The number of aromatic nitrogens is 2. The van der Waals surface area contributed by atoms with Gasteiger partial charge in [0.2, 0.25) is 0 Å². The highest BCUT2D eigenvalue weighted by Crippen LogP contribution is 2.40. The Kier molecular flexibility index (Phi) is 6.78. The number of piperazine rings is 1. The van der Waals surface area contributed by atoms with Crippen molar-refractivity contribution in [1.29, 1.82) is 0 Å². The summed E-state index contributed by atoms with van der Waals surface area (Å²) in [6.07, 6.45) is 5.47. The van der Waals surface area contributed by atoms with Gasteiger partial charge in [0.25, 0.3) is 5.91 Å². The molecule has 0 saturated carbocycles. The third-order valence-corrected chi connectivity index (χ3v) is 9.34. The maximum atomic E-state index is 13.4. The van der Waals surface area contributed by atoms with E-state index in [4.69, 9.17) is 9.97 Å². The lowest BCUT2D eigenvalue weighted by Crippen LogP contribution is -2.49. The van der Waals surface area contributed by atoms with Gasteiger partial charge in [0.15, 0.2) is 0 Å². The van der Waals surface area contributed by atoms with Gasteiger partial charge in [0, 0.05) is 43.0 Å². The molecule has 0 bridgehead atoms. The van der Waals surface area contributed by atoms with Gasteiger partial charge in [-0.1, -0.05) is 72.8 Å². The summed E-state index contributed by atoms with van der Waals surface area (Å²) in [5, 5.41) is 1.26. The van der Waals surface area contributed by atoms with E-state index in [1.165, 1.54) is 34.2 Å². The van der Waals surface area contributed by atoms with Gasteiger partial charge < -0.3 is 9.80 Å². The predicted octanol–water partition coefficient (Wildman–Crippen LogP) is 6.79. The van der Waals surface area contributed by atoms with Crippen molar-refractivity contribution in [2.75, 3.05) is 31.1 Å². The fourth-order valence-corrected chi connectivity index (χ4v) is 7.28. The summed E-state index contributed by atoms with van der Waals surface area (Å²) in [4.78, 5) is 30.6. The normalized spacial score (nSPS) is 15.3. The Morgan fingerprint density at radius 2 is 1.43 bits per heavy atom. The van der Waals surface area contributed by atoms with Gasteiger partial charge in [-0.25, -0.2) is 9.97 Å². The first-order chi connectivity index (χ1) is 19.7. The van der Waals surface area contributed by atoms with Crippen LogP contribution in [0, 0.1) is 0 Å². The van der Waals surface area contributed by atoms with Crippen molar-refractivity contribution >= 4 is 33.3 Å². The van der Waals surface area contributed by atoms with Gasteiger partial charge >= 0.3 is 0 Å². The minimum atomic E-state index is 0.102. The van der Waals surface area contributed by atoms with E-state index in [0.29, 0.717) is 13.1 Å². The van der Waals surface area contributed by atoms with Crippen LogP contribution in [0.5, 0.6) is 0 Å². The van der Waals surface area contributed by atoms with Crippen LogP contribution >= 0.6 is 11.3 Å². The summed E-state index contributed by atoms with van der Waals surface area (Å²) < 4.78 is 0. The molecule has 7 rings (SSSR count). The lowest BCUT2D eigenvalue weighted by Gasteiger charge is -2.36. The highest BCUT2D eigenvalue weighted by molar-refractivity contribution is 7.19. The smallest absolute Gasteiger partial charge is 0.253 e. The summed E-state index contributed by atoms with van der Waals surface area (Å²) in [6.45, 7) is 2.92. The molecule has 1 amide bonds. The molecule has 0 atom stereocenters. The van der Waals surface area contributed by atoms with E-state index in [-0.39, 0.29) is 5.91 Å². The second kappa shape index (κ2) is 10.9. The number of thiophene rings is 1. The van der Waals surface area contributed by atoms with E-state index in [2.05, 4.69) is 41.3 Å². The van der Waals surface area contributed by atoms with Crippen LogP contribution in [-0.4, -0.2) is 47.0 Å². The zero-order valence-electron chi connectivity index (χ0n) is 22.6. The summed E-state index contributed by atoms with van der Waals surface area (Å²) >= 11 is 1.86. The summed E-state index contributed by atoms with van der Waals surface area (Å²) in [5.41, 5.74) is 5.72. The summed E-state index contributed by atoms with van der Waals surface area (Å²) in [6, 6.07) is 28.8. The fraction of sp³-hybridized carbons (Fsp3) is 0.265. The van der Waals surface area contributed by atoms with E-state index < -0.39 is 0 Å². The van der Waals surface area contributed by atoms with E-state index in [0.717, 1.165) is 65.5 Å². The number of fused-ring (bicyclic) bond motifs is 3. The number of rotatable bonds is 5. The third kappa shape index (κ3) is 4.88. The Morgan fingerprint density at radius 3 is 2.17 bits per heavy atom. The molecule has 0 radical (unpaired) electrons. The quantitative estimate of drug-likeness (QED) is 0.244. The van der Waals surface area contributed by atoms with Crippen LogP contribution in [0.4, 0.5) is 5.82 Å². The van der Waals surface area contributed by atoms with Crippen LogP contribution in [0.15, 0.2) is 84.9 Å². The van der Waals surface area contributed by atoms with Crippen LogP contribution in [-0.2, 0) is 19.3 Å². The zero-order chi connectivity index (χ0) is 26.9. The molecule has 200 valence electrons. The van der Waals surface area contributed by atoms with Crippen molar-refractivity contribution in [3.8, 4) is 11.1 Å². The predicted molar refractivity (Wildman–Crippen MR) is 163 cm³/mol. The Labute approximate surface area is 239 Å². The van der Waals surface area contributed by atoms with Crippen LogP contribution in [0.3, 0.4) is 0 Å². The van der Waals surface area contributed by atoms with Crippen molar-refractivity contribution in [2.45, 2.75) is 32.1 Å². The van der Waals surface area contributed by atoms with E-state index in [9.17, 15) is 4.79 Å². The van der Waals surface area contributed by atoms with Gasteiger partial charge in [0.1, 0.15) is 16.5 Å². The van der Waals surface area contributed by atoms with E-state index in [1.807, 2.05) is 64.8 Å². The molecular weight excluding hydrogens is 512 g/mol. The lowest BCUT2D eigenvalue weighted by atomic mass is 9.96. The second-order valence-corrected chi connectivity index (χ2v) is 11.8. The van der Waals surface area contributed by atoms with Crippen molar-refractivity contribution < 1.29 is 4.79 Å². The lowest BCUT2D eigenvalue weighted by molar-refractivity contribution is 0.0746. The Bertz CT molecular complexity index is 1640. The molecule has 1 saturated heterocycles. The van der Waals surface area contributed by atoms with Crippen molar-refractivity contribution in [3.63, 3.8) is 0 Å². The molecule has 1 aliphatic carbocycles. The number of carbonyl (C=O) groups excluding carboxylic acids is 1. The number of anilines is 1. The molecule has 3 heterocycles. The van der Waals surface area contributed by atoms with Crippen LogP contribution in [0.2, 0.25) is 0 Å². The number of hydrogen-bond acceptors (Lipinski definition) is 5. The highest BCUT2D eigenvalue weighted by atomic mass is 32.1. The largest absolute Gasteiger partial charge is 0.352 e.